The Labute approximate surface area is 134 Å². The van der Waals surface area contributed by atoms with Gasteiger partial charge in [-0.2, -0.15) is 0 Å². The summed E-state index contributed by atoms with van der Waals surface area (Å²) in [5.41, 5.74) is 7.09. The second-order valence-corrected chi connectivity index (χ2v) is 5.48. The Bertz CT molecular complexity index is 635. The summed E-state index contributed by atoms with van der Waals surface area (Å²) in [6.45, 7) is 1.11. The molecule has 0 aliphatic rings. The van der Waals surface area contributed by atoms with E-state index >= 15 is 0 Å². The fourth-order valence-corrected chi connectivity index (χ4v) is 2.26. The summed E-state index contributed by atoms with van der Waals surface area (Å²) in [6, 6.07) is 9.24. The minimum absolute atomic E-state index is 0.175. The maximum atomic E-state index is 11.0. The van der Waals surface area contributed by atoms with Gasteiger partial charge < -0.3 is 10.5 Å². The molecule has 0 saturated carbocycles. The van der Waals surface area contributed by atoms with Gasteiger partial charge in [0, 0.05) is 35.1 Å². The van der Waals surface area contributed by atoms with E-state index in [1.165, 1.54) is 0 Å². The molecule has 0 fully saturated rings. The SMILES string of the molecule is CN(CC(N)=O)Cc1cc(Cl)ccc1OCc1cccnc1. The second-order valence-electron chi connectivity index (χ2n) is 5.04. The minimum atomic E-state index is -0.373. The van der Waals surface area contributed by atoms with Gasteiger partial charge in [-0.3, -0.25) is 14.7 Å². The molecule has 6 heteroatoms. The number of carbonyl (C=O) groups is 1. The van der Waals surface area contributed by atoms with Crippen molar-refractivity contribution in [2.75, 3.05) is 13.6 Å². The number of halogens is 1. The molecule has 22 heavy (non-hydrogen) atoms. The molecule has 5 nitrogen and oxygen atoms in total. The van der Waals surface area contributed by atoms with Gasteiger partial charge in [-0.25, -0.2) is 0 Å². The molecule has 0 bridgehead atoms. The van der Waals surface area contributed by atoms with Gasteiger partial charge in [-0.1, -0.05) is 17.7 Å². The molecule has 116 valence electrons. The molecule has 2 N–H and O–H groups in total. The molecule has 0 aliphatic carbocycles. The quantitative estimate of drug-likeness (QED) is 0.849. The van der Waals surface area contributed by atoms with Gasteiger partial charge in [-0.15, -0.1) is 0 Å². The van der Waals surface area contributed by atoms with Gasteiger partial charge in [0.05, 0.1) is 6.54 Å². The molecule has 0 saturated heterocycles. The number of benzene rings is 1. The number of carbonyl (C=O) groups excluding carboxylic acids is 1. The number of rotatable bonds is 7. The predicted molar refractivity (Wildman–Crippen MR) is 85.5 cm³/mol. The van der Waals surface area contributed by atoms with Crippen molar-refractivity contribution in [2.45, 2.75) is 13.2 Å². The number of ether oxygens (including phenoxy) is 1. The molecule has 0 atom stereocenters. The van der Waals surface area contributed by atoms with E-state index in [2.05, 4.69) is 4.98 Å². The van der Waals surface area contributed by atoms with E-state index in [9.17, 15) is 4.79 Å². The van der Waals surface area contributed by atoms with Gasteiger partial charge in [0.1, 0.15) is 12.4 Å². The number of likely N-dealkylation sites (N-methyl/N-ethyl adjacent to an activating group) is 1. The Hall–Kier alpha value is -2.11. The first kappa shape index (κ1) is 16.3. The summed E-state index contributed by atoms with van der Waals surface area (Å²) in [4.78, 5) is 16.8. The van der Waals surface area contributed by atoms with Crippen molar-refractivity contribution >= 4 is 17.5 Å². The third-order valence-electron chi connectivity index (χ3n) is 3.01. The van der Waals surface area contributed by atoms with E-state index in [0.29, 0.717) is 18.2 Å². The lowest BCUT2D eigenvalue weighted by molar-refractivity contribution is -0.118. The molecule has 2 aromatic rings. The Morgan fingerprint density at radius 2 is 2.23 bits per heavy atom. The number of nitrogens with zero attached hydrogens (tertiary/aromatic N) is 2. The van der Waals surface area contributed by atoms with Gasteiger partial charge in [0.25, 0.3) is 0 Å². The highest BCUT2D eigenvalue weighted by Crippen LogP contribution is 2.25. The summed E-state index contributed by atoms with van der Waals surface area (Å²) >= 11 is 6.05. The van der Waals surface area contributed by atoms with Crippen LogP contribution in [0.1, 0.15) is 11.1 Å². The van der Waals surface area contributed by atoms with Crippen LogP contribution in [0.3, 0.4) is 0 Å². The maximum absolute atomic E-state index is 11.0. The first-order valence-corrected chi connectivity index (χ1v) is 7.19. The third kappa shape index (κ3) is 5.02. The highest BCUT2D eigenvalue weighted by atomic mass is 35.5. The highest BCUT2D eigenvalue weighted by Gasteiger charge is 2.10. The standard InChI is InChI=1S/C16H18ClN3O2/c1-20(10-16(18)21)9-13-7-14(17)4-5-15(13)22-11-12-3-2-6-19-8-12/h2-8H,9-11H2,1H3,(H2,18,21). The van der Waals surface area contributed by atoms with Crippen molar-refractivity contribution in [3.8, 4) is 5.75 Å². The molecular formula is C16H18ClN3O2. The Kier molecular flexibility index (Phi) is 5.75. The zero-order valence-corrected chi connectivity index (χ0v) is 13.1. The van der Waals surface area contributed by atoms with Crippen molar-refractivity contribution in [2.24, 2.45) is 5.73 Å². The van der Waals surface area contributed by atoms with Crippen molar-refractivity contribution in [3.05, 3.63) is 58.9 Å². The van der Waals surface area contributed by atoms with E-state index in [1.54, 1.807) is 18.5 Å². The van der Waals surface area contributed by atoms with Gasteiger partial charge in [0.2, 0.25) is 5.91 Å². The van der Waals surface area contributed by atoms with Crippen molar-refractivity contribution < 1.29 is 9.53 Å². The smallest absolute Gasteiger partial charge is 0.231 e. The molecule has 0 spiro atoms. The summed E-state index contributed by atoms with van der Waals surface area (Å²) in [5, 5.41) is 0.621. The normalized spacial score (nSPS) is 10.7. The fourth-order valence-electron chi connectivity index (χ4n) is 2.07. The first-order chi connectivity index (χ1) is 10.5. The van der Waals surface area contributed by atoms with Crippen LogP contribution >= 0.6 is 11.6 Å². The highest BCUT2D eigenvalue weighted by molar-refractivity contribution is 6.30. The van der Waals surface area contributed by atoms with Crippen LogP contribution < -0.4 is 10.5 Å². The van der Waals surface area contributed by atoms with Crippen LogP contribution in [0, 0.1) is 0 Å². The van der Waals surface area contributed by atoms with Crippen LogP contribution in [0.15, 0.2) is 42.7 Å². The van der Waals surface area contributed by atoms with Crippen molar-refractivity contribution in [3.63, 3.8) is 0 Å². The minimum Gasteiger partial charge on any atom is -0.489 e. The Morgan fingerprint density at radius 1 is 1.41 bits per heavy atom. The lowest BCUT2D eigenvalue weighted by Crippen LogP contribution is -2.30. The van der Waals surface area contributed by atoms with Crippen LogP contribution in [-0.2, 0) is 17.9 Å². The first-order valence-electron chi connectivity index (χ1n) is 6.81. The van der Waals surface area contributed by atoms with Gasteiger partial charge in [-0.05, 0) is 31.3 Å². The van der Waals surface area contributed by atoms with E-state index in [4.69, 9.17) is 22.1 Å². The fraction of sp³-hybridized carbons (Fsp3) is 0.250. The molecule has 0 unspecified atom stereocenters. The summed E-state index contributed by atoms with van der Waals surface area (Å²) in [7, 11) is 1.82. The van der Waals surface area contributed by atoms with Crippen molar-refractivity contribution in [1.82, 2.24) is 9.88 Å². The molecule has 1 amide bonds. The predicted octanol–water partition coefficient (Wildman–Crippen LogP) is 2.23. The van der Waals surface area contributed by atoms with Crippen molar-refractivity contribution in [1.29, 1.82) is 0 Å². The van der Waals surface area contributed by atoms with Crippen LogP contribution in [0.2, 0.25) is 5.02 Å². The zero-order chi connectivity index (χ0) is 15.9. The van der Waals surface area contributed by atoms with Crippen LogP contribution in [0.5, 0.6) is 5.75 Å². The number of primary amides is 1. The number of nitrogens with two attached hydrogens (primary N) is 1. The van der Waals surface area contributed by atoms with Crippen LogP contribution in [0.4, 0.5) is 0 Å². The van der Waals surface area contributed by atoms with E-state index in [1.807, 2.05) is 36.2 Å². The monoisotopic (exact) mass is 319 g/mol. The molecule has 0 aliphatic heterocycles. The van der Waals surface area contributed by atoms with Crippen LogP contribution in [-0.4, -0.2) is 29.4 Å². The second kappa shape index (κ2) is 7.77. The average Bonchev–Trinajstić information content (AvgIpc) is 2.46. The lowest BCUT2D eigenvalue weighted by Gasteiger charge is -2.18. The van der Waals surface area contributed by atoms with E-state index in [-0.39, 0.29) is 12.5 Å². The average molecular weight is 320 g/mol. The number of amides is 1. The van der Waals surface area contributed by atoms with Gasteiger partial charge >= 0.3 is 0 Å². The molecule has 0 radical (unpaired) electrons. The molecule has 1 aromatic carbocycles. The molecule has 1 aromatic heterocycles. The summed E-state index contributed by atoms with van der Waals surface area (Å²) in [5.74, 6) is 0.354. The Balaban J connectivity index is 2.08. The van der Waals surface area contributed by atoms with E-state index in [0.717, 1.165) is 16.9 Å². The number of pyridine rings is 1. The summed E-state index contributed by atoms with van der Waals surface area (Å²) in [6.07, 6.45) is 3.48. The van der Waals surface area contributed by atoms with Gasteiger partial charge in [0.15, 0.2) is 0 Å². The largest absolute Gasteiger partial charge is 0.489 e. The van der Waals surface area contributed by atoms with E-state index < -0.39 is 0 Å². The topological polar surface area (TPSA) is 68.5 Å². The number of hydrogen-bond donors (Lipinski definition) is 1. The molecule has 1 heterocycles. The third-order valence-corrected chi connectivity index (χ3v) is 3.24. The zero-order valence-electron chi connectivity index (χ0n) is 12.3. The number of aromatic nitrogens is 1. The molecular weight excluding hydrogens is 302 g/mol. The molecule has 2 rings (SSSR count). The summed E-state index contributed by atoms with van der Waals surface area (Å²) < 4.78 is 5.84. The maximum Gasteiger partial charge on any atom is 0.231 e. The Morgan fingerprint density at radius 3 is 2.91 bits per heavy atom. The van der Waals surface area contributed by atoms with Crippen LogP contribution in [0.25, 0.3) is 0 Å². The lowest BCUT2D eigenvalue weighted by atomic mass is 10.2. The number of hydrogen-bond acceptors (Lipinski definition) is 4.